The Kier molecular flexibility index (Phi) is 11.9. The third-order valence-electron chi connectivity index (χ3n) is 9.59. The lowest BCUT2D eigenvalue weighted by molar-refractivity contribution is -0.150. The summed E-state index contributed by atoms with van der Waals surface area (Å²) in [5.41, 5.74) is 0.825. The van der Waals surface area contributed by atoms with Gasteiger partial charge in [0.05, 0.1) is 19.1 Å². The number of rotatable bonds is 5. The predicted octanol–water partition coefficient (Wildman–Crippen LogP) is 0.139. The van der Waals surface area contributed by atoms with Crippen molar-refractivity contribution in [3.8, 4) is 0 Å². The van der Waals surface area contributed by atoms with Crippen molar-refractivity contribution in [3.05, 3.63) is 35.9 Å². The second kappa shape index (κ2) is 16.0. The van der Waals surface area contributed by atoms with Crippen LogP contribution < -0.4 is 16.0 Å². The molecule has 2 bridgehead atoms. The van der Waals surface area contributed by atoms with E-state index < -0.39 is 60.0 Å². The van der Waals surface area contributed by atoms with Crippen molar-refractivity contribution >= 4 is 29.5 Å². The van der Waals surface area contributed by atoms with Crippen LogP contribution in [0.15, 0.2) is 30.3 Å². The highest BCUT2D eigenvalue weighted by Crippen LogP contribution is 2.23. The highest BCUT2D eigenvalue weighted by Gasteiger charge is 2.42. The van der Waals surface area contributed by atoms with Crippen molar-refractivity contribution in [2.75, 3.05) is 39.5 Å². The SMILES string of the molecule is CC(C)C[C@H]1NC(=O)[C@H]2CCCN2C(=O)[C@H](Cc2ccccc2)NC(=O)CN(C(=O)C2CCOCC2)C[C@H]2OCC[C@H](NC1=O)[C@@H]2O. The molecule has 5 amide bonds. The summed E-state index contributed by atoms with van der Waals surface area (Å²) in [5.74, 6) is -2.31. The van der Waals surface area contributed by atoms with Gasteiger partial charge in [-0.25, -0.2) is 0 Å². The van der Waals surface area contributed by atoms with E-state index in [9.17, 15) is 29.1 Å². The van der Waals surface area contributed by atoms with Crippen molar-refractivity contribution in [3.63, 3.8) is 0 Å². The van der Waals surface area contributed by atoms with Crippen LogP contribution in [0.2, 0.25) is 0 Å². The lowest BCUT2D eigenvalue weighted by atomic mass is 9.95. The summed E-state index contributed by atoms with van der Waals surface area (Å²) in [5, 5.41) is 20.1. The van der Waals surface area contributed by atoms with Crippen LogP contribution in [0.4, 0.5) is 0 Å². The Morgan fingerprint density at radius 3 is 2.40 bits per heavy atom. The average Bonchev–Trinajstić information content (AvgIpc) is 3.55. The minimum Gasteiger partial charge on any atom is -0.388 e. The first-order valence-corrected chi connectivity index (χ1v) is 17.0. The number of aliphatic hydroxyl groups is 1. The Bertz CT molecular complexity index is 1270. The van der Waals surface area contributed by atoms with E-state index in [0.717, 1.165) is 5.56 Å². The summed E-state index contributed by atoms with van der Waals surface area (Å²) in [6, 6.07) is 5.93. The highest BCUT2D eigenvalue weighted by atomic mass is 16.5. The number of amides is 5. The normalized spacial score (nSPS) is 30.3. The van der Waals surface area contributed by atoms with Crippen LogP contribution in [0.1, 0.15) is 57.9 Å². The van der Waals surface area contributed by atoms with E-state index in [1.165, 1.54) is 9.80 Å². The number of aliphatic hydroxyl groups excluding tert-OH is 1. The number of fused-ring (bicyclic) bond motifs is 3. The molecule has 258 valence electrons. The summed E-state index contributed by atoms with van der Waals surface area (Å²) in [6.45, 7) is 4.91. The van der Waals surface area contributed by atoms with Gasteiger partial charge in [-0.15, -0.1) is 0 Å². The number of hydrogen-bond acceptors (Lipinski definition) is 8. The molecule has 0 aliphatic carbocycles. The predicted molar refractivity (Wildman–Crippen MR) is 171 cm³/mol. The van der Waals surface area contributed by atoms with Crippen molar-refractivity contribution in [1.82, 2.24) is 25.8 Å². The Labute approximate surface area is 276 Å². The second-order valence-corrected chi connectivity index (χ2v) is 13.6. The van der Waals surface area contributed by atoms with E-state index in [2.05, 4.69) is 16.0 Å². The van der Waals surface area contributed by atoms with Crippen LogP contribution in [0.5, 0.6) is 0 Å². The first kappa shape index (κ1) is 34.8. The van der Waals surface area contributed by atoms with Gasteiger partial charge < -0.3 is 40.3 Å². The Hall–Kier alpha value is -3.55. The van der Waals surface area contributed by atoms with Gasteiger partial charge in [-0.2, -0.15) is 0 Å². The largest absolute Gasteiger partial charge is 0.388 e. The van der Waals surface area contributed by atoms with Crippen molar-refractivity contribution in [1.29, 1.82) is 0 Å². The van der Waals surface area contributed by atoms with E-state index >= 15 is 0 Å². The molecular formula is C34H49N5O8. The van der Waals surface area contributed by atoms with E-state index in [4.69, 9.17) is 9.47 Å². The molecule has 6 atom stereocenters. The van der Waals surface area contributed by atoms with E-state index in [1.807, 2.05) is 44.2 Å². The molecule has 5 rings (SSSR count). The molecule has 0 saturated carbocycles. The molecule has 0 aromatic heterocycles. The average molecular weight is 656 g/mol. The molecular weight excluding hydrogens is 606 g/mol. The first-order chi connectivity index (χ1) is 22.6. The lowest BCUT2D eigenvalue weighted by Gasteiger charge is -2.39. The fraction of sp³-hybridized carbons (Fsp3) is 0.676. The molecule has 13 nitrogen and oxygen atoms in total. The topological polar surface area (TPSA) is 167 Å². The molecule has 4 fully saturated rings. The number of benzene rings is 1. The van der Waals surface area contributed by atoms with Crippen LogP contribution in [-0.2, 0) is 39.9 Å². The molecule has 1 aromatic carbocycles. The van der Waals surface area contributed by atoms with Gasteiger partial charge in [-0.1, -0.05) is 44.2 Å². The molecule has 1 aromatic rings. The zero-order valence-electron chi connectivity index (χ0n) is 27.4. The third-order valence-corrected chi connectivity index (χ3v) is 9.59. The number of hydrogen-bond donors (Lipinski definition) is 4. The van der Waals surface area contributed by atoms with Gasteiger partial charge in [-0.05, 0) is 50.0 Å². The number of nitrogens with zero attached hydrogens (tertiary/aromatic N) is 2. The van der Waals surface area contributed by atoms with Gasteiger partial charge in [0.25, 0.3) is 0 Å². The highest BCUT2D eigenvalue weighted by molar-refractivity contribution is 5.95. The standard InChI is InChI=1S/C34H49N5O8/c1-21(2)17-25-31(42)36-24-12-16-47-28(30(24)41)19-38(33(44)23-10-14-46-15-11-23)20-29(40)35-26(18-22-7-4-3-5-8-22)34(45)39-13-6-9-27(39)32(43)37-25/h3-5,7-8,21,23-28,30,41H,6,9-20H2,1-2H3,(H,35,40)(H,36,42)(H,37,43)/t24-,25+,26-,27+,28+,30-/m0/s1. The van der Waals surface area contributed by atoms with Crippen LogP contribution in [0, 0.1) is 11.8 Å². The molecule has 4 aliphatic rings. The molecule has 4 saturated heterocycles. The van der Waals surface area contributed by atoms with E-state index in [-0.39, 0.29) is 43.9 Å². The number of carbonyl (C=O) groups is 5. The minimum absolute atomic E-state index is 0.0732. The van der Waals surface area contributed by atoms with Crippen LogP contribution in [0.3, 0.4) is 0 Å². The number of nitrogens with one attached hydrogen (secondary N) is 3. The molecule has 0 spiro atoms. The van der Waals surface area contributed by atoms with Gasteiger partial charge in [0.15, 0.2) is 0 Å². The quantitative estimate of drug-likeness (QED) is 0.348. The minimum atomic E-state index is -1.16. The smallest absolute Gasteiger partial charge is 0.246 e. The second-order valence-electron chi connectivity index (χ2n) is 13.6. The van der Waals surface area contributed by atoms with Crippen molar-refractivity contribution < 1.29 is 38.6 Å². The lowest BCUT2D eigenvalue weighted by Crippen LogP contribution is -2.60. The first-order valence-electron chi connectivity index (χ1n) is 17.0. The molecule has 4 aliphatic heterocycles. The number of carbonyl (C=O) groups excluding carboxylic acids is 5. The maximum absolute atomic E-state index is 14.2. The van der Waals surface area contributed by atoms with Crippen LogP contribution >= 0.6 is 0 Å². The fourth-order valence-electron chi connectivity index (χ4n) is 7.07. The Balaban J connectivity index is 1.48. The molecule has 0 radical (unpaired) electrons. The summed E-state index contributed by atoms with van der Waals surface area (Å²) in [6.07, 6.45) is 0.895. The molecule has 13 heteroatoms. The van der Waals surface area contributed by atoms with Crippen molar-refractivity contribution in [2.45, 2.75) is 95.2 Å². The molecule has 47 heavy (non-hydrogen) atoms. The zero-order chi connectivity index (χ0) is 33.5. The van der Waals surface area contributed by atoms with Crippen molar-refractivity contribution in [2.24, 2.45) is 11.8 Å². The molecule has 4 heterocycles. The van der Waals surface area contributed by atoms with E-state index in [1.54, 1.807) is 0 Å². The van der Waals surface area contributed by atoms with E-state index in [0.29, 0.717) is 58.3 Å². The third kappa shape index (κ3) is 8.88. The molecule has 4 N–H and O–H groups in total. The Morgan fingerprint density at radius 1 is 0.936 bits per heavy atom. The summed E-state index contributed by atoms with van der Waals surface area (Å²) < 4.78 is 11.4. The maximum atomic E-state index is 14.2. The fourth-order valence-corrected chi connectivity index (χ4v) is 7.07. The monoisotopic (exact) mass is 655 g/mol. The summed E-state index contributed by atoms with van der Waals surface area (Å²) >= 11 is 0. The summed E-state index contributed by atoms with van der Waals surface area (Å²) in [7, 11) is 0. The zero-order valence-corrected chi connectivity index (χ0v) is 27.4. The number of ether oxygens (including phenoxy) is 2. The molecule has 0 unspecified atom stereocenters. The maximum Gasteiger partial charge on any atom is 0.246 e. The Morgan fingerprint density at radius 2 is 1.68 bits per heavy atom. The van der Waals surface area contributed by atoms with Gasteiger partial charge in [0.2, 0.25) is 29.5 Å². The van der Waals surface area contributed by atoms with Gasteiger partial charge in [0, 0.05) is 38.7 Å². The van der Waals surface area contributed by atoms with Gasteiger partial charge >= 0.3 is 0 Å². The van der Waals surface area contributed by atoms with Crippen LogP contribution in [-0.4, -0.2) is 120 Å². The summed E-state index contributed by atoms with van der Waals surface area (Å²) in [4.78, 5) is 72.0. The van der Waals surface area contributed by atoms with Crippen LogP contribution in [0.25, 0.3) is 0 Å². The van der Waals surface area contributed by atoms with Gasteiger partial charge in [0.1, 0.15) is 30.3 Å². The van der Waals surface area contributed by atoms with Gasteiger partial charge in [-0.3, -0.25) is 24.0 Å².